The Bertz CT molecular complexity index is 1300. The molecule has 0 radical (unpaired) electrons. The maximum atomic E-state index is 13.1. The zero-order valence-corrected chi connectivity index (χ0v) is 18.6. The van der Waals surface area contributed by atoms with Gasteiger partial charge < -0.3 is 18.9 Å². The summed E-state index contributed by atoms with van der Waals surface area (Å²) in [5, 5.41) is 3.21. The van der Waals surface area contributed by atoms with Crippen LogP contribution in [0.3, 0.4) is 0 Å². The van der Waals surface area contributed by atoms with E-state index < -0.39 is 0 Å². The Hall–Kier alpha value is -3.32. The van der Waals surface area contributed by atoms with E-state index in [-0.39, 0.29) is 35.4 Å². The van der Waals surface area contributed by atoms with Crippen molar-refractivity contribution in [3.05, 3.63) is 81.1 Å². The van der Waals surface area contributed by atoms with Crippen LogP contribution in [0, 0.1) is 0 Å². The van der Waals surface area contributed by atoms with Crippen molar-refractivity contribution in [3.8, 4) is 17.3 Å². The lowest BCUT2D eigenvalue weighted by Crippen LogP contribution is -2.23. The van der Waals surface area contributed by atoms with Gasteiger partial charge in [-0.1, -0.05) is 44.2 Å². The maximum absolute atomic E-state index is 13.1. The molecular weight excluding hydrogens is 462 g/mol. The van der Waals surface area contributed by atoms with Crippen molar-refractivity contribution in [1.29, 1.82) is 0 Å². The molecule has 7 heteroatoms. The number of para-hydroxylation sites is 2. The minimum absolute atomic E-state index is 0.0761. The van der Waals surface area contributed by atoms with Crippen LogP contribution in [0.1, 0.15) is 25.3 Å². The molecule has 0 fully saturated rings. The number of amides is 1. The number of furan rings is 1. The normalized spacial score (nSPS) is 11.1. The second kappa shape index (κ2) is 8.81. The topological polar surface area (TPSA) is 81.7 Å². The lowest BCUT2D eigenvalue weighted by Gasteiger charge is -2.14. The first-order chi connectivity index (χ1) is 14.9. The van der Waals surface area contributed by atoms with Crippen LogP contribution in [0.15, 0.2) is 79.0 Å². The molecule has 4 aromatic rings. The molecule has 6 nitrogen and oxygen atoms in total. The number of carbonyl (C=O) groups excluding carboxylic acids is 1. The van der Waals surface area contributed by atoms with Crippen molar-refractivity contribution in [1.82, 2.24) is 0 Å². The largest absolute Gasteiger partial charge is 0.476 e. The number of halogens is 1. The second-order valence-corrected chi connectivity index (χ2v) is 8.05. The zero-order chi connectivity index (χ0) is 22.0. The molecule has 0 atom stereocenters. The fourth-order valence-corrected chi connectivity index (χ4v) is 3.60. The van der Waals surface area contributed by atoms with Gasteiger partial charge in [-0.05, 0) is 57.7 Å². The van der Waals surface area contributed by atoms with E-state index in [0.717, 1.165) is 5.56 Å². The van der Waals surface area contributed by atoms with Crippen molar-refractivity contribution >= 4 is 38.5 Å². The number of hydrogen-bond donors (Lipinski definition) is 1. The van der Waals surface area contributed by atoms with Gasteiger partial charge in [0.05, 0.1) is 5.39 Å². The first kappa shape index (κ1) is 20.9. The molecule has 31 heavy (non-hydrogen) atoms. The van der Waals surface area contributed by atoms with Crippen molar-refractivity contribution < 1.29 is 18.4 Å². The average Bonchev–Trinajstić information content (AvgIpc) is 3.19. The predicted octanol–water partition coefficient (Wildman–Crippen LogP) is 5.96. The van der Waals surface area contributed by atoms with Gasteiger partial charge in [0.1, 0.15) is 5.58 Å². The van der Waals surface area contributed by atoms with Gasteiger partial charge in [-0.2, -0.15) is 0 Å². The van der Waals surface area contributed by atoms with Crippen LogP contribution in [0.25, 0.3) is 22.5 Å². The van der Waals surface area contributed by atoms with Crippen molar-refractivity contribution in [2.75, 3.05) is 11.9 Å². The number of anilines is 1. The summed E-state index contributed by atoms with van der Waals surface area (Å²) in [5.74, 6) is 0.231. The third-order valence-electron chi connectivity index (χ3n) is 4.76. The Morgan fingerprint density at radius 2 is 1.77 bits per heavy atom. The summed E-state index contributed by atoms with van der Waals surface area (Å²) in [6.45, 7) is 3.75. The van der Waals surface area contributed by atoms with E-state index in [1.807, 2.05) is 24.3 Å². The molecule has 0 aliphatic carbocycles. The second-order valence-electron chi connectivity index (χ2n) is 7.27. The van der Waals surface area contributed by atoms with Gasteiger partial charge in [-0.15, -0.1) is 0 Å². The number of nitrogens with one attached hydrogen (secondary N) is 1. The Balaban J connectivity index is 1.64. The van der Waals surface area contributed by atoms with Gasteiger partial charge in [-0.25, -0.2) is 0 Å². The number of benzene rings is 2. The highest BCUT2D eigenvalue weighted by molar-refractivity contribution is 9.10. The van der Waals surface area contributed by atoms with Crippen LogP contribution in [0.4, 0.5) is 5.69 Å². The lowest BCUT2D eigenvalue weighted by atomic mass is 10.0. The Morgan fingerprint density at radius 3 is 2.52 bits per heavy atom. The highest BCUT2D eigenvalue weighted by atomic mass is 79.9. The third-order valence-corrected chi connectivity index (χ3v) is 5.18. The Morgan fingerprint density at radius 1 is 1.03 bits per heavy atom. The quantitative estimate of drug-likeness (QED) is 0.367. The summed E-state index contributed by atoms with van der Waals surface area (Å²) in [7, 11) is 0. The molecule has 2 aromatic heterocycles. The molecule has 2 aromatic carbocycles. The van der Waals surface area contributed by atoms with Crippen LogP contribution in [0.5, 0.6) is 5.75 Å². The van der Waals surface area contributed by atoms with Gasteiger partial charge in [0.2, 0.25) is 16.9 Å². The summed E-state index contributed by atoms with van der Waals surface area (Å²) in [4.78, 5) is 25.7. The van der Waals surface area contributed by atoms with E-state index in [4.69, 9.17) is 13.6 Å². The Kier molecular flexibility index (Phi) is 5.95. The van der Waals surface area contributed by atoms with E-state index >= 15 is 0 Å². The summed E-state index contributed by atoms with van der Waals surface area (Å²) in [6.07, 6.45) is 0. The first-order valence-corrected chi connectivity index (χ1v) is 10.6. The van der Waals surface area contributed by atoms with E-state index in [2.05, 4.69) is 35.1 Å². The van der Waals surface area contributed by atoms with Gasteiger partial charge in [0.15, 0.2) is 17.0 Å². The van der Waals surface area contributed by atoms with Crippen LogP contribution in [-0.2, 0) is 4.79 Å². The van der Waals surface area contributed by atoms with Crippen LogP contribution >= 0.6 is 15.9 Å². The molecule has 0 saturated heterocycles. The molecule has 4 rings (SSSR count). The number of carbonyl (C=O) groups is 1. The van der Waals surface area contributed by atoms with E-state index in [9.17, 15) is 9.59 Å². The standard InChI is InChI=1S/C24H20BrNO5/c1-14(2)15-7-3-5-9-17(15)26-21(27)13-29-24-22(28)16-8-4-6-10-18(16)31-23(24)19-11-12-20(25)30-19/h3-12,14H,13H2,1-2H3,(H,26,27). The monoisotopic (exact) mass is 481 g/mol. The lowest BCUT2D eigenvalue weighted by molar-refractivity contribution is -0.118. The summed E-state index contributed by atoms with van der Waals surface area (Å²) in [6, 6.07) is 17.8. The zero-order valence-electron chi connectivity index (χ0n) is 17.0. The number of hydrogen-bond acceptors (Lipinski definition) is 5. The summed E-state index contributed by atoms with van der Waals surface area (Å²) < 4.78 is 17.6. The summed E-state index contributed by atoms with van der Waals surface area (Å²) >= 11 is 3.25. The first-order valence-electron chi connectivity index (χ1n) is 9.77. The minimum atomic E-state index is -0.382. The number of ether oxygens (including phenoxy) is 1. The number of fused-ring (bicyclic) bond motifs is 1. The SMILES string of the molecule is CC(C)c1ccccc1NC(=O)COc1c(-c2ccc(Br)o2)oc2ccccc2c1=O. The molecule has 0 spiro atoms. The summed E-state index contributed by atoms with van der Waals surface area (Å²) in [5.41, 5.74) is 1.76. The molecule has 0 saturated carbocycles. The molecule has 2 heterocycles. The minimum Gasteiger partial charge on any atom is -0.476 e. The number of rotatable bonds is 6. The smallest absolute Gasteiger partial charge is 0.262 e. The van der Waals surface area contributed by atoms with Gasteiger partial charge >= 0.3 is 0 Å². The highest BCUT2D eigenvalue weighted by Gasteiger charge is 2.21. The predicted molar refractivity (Wildman–Crippen MR) is 123 cm³/mol. The molecule has 1 amide bonds. The van der Waals surface area contributed by atoms with Crippen molar-refractivity contribution in [2.24, 2.45) is 0 Å². The van der Waals surface area contributed by atoms with Crippen LogP contribution < -0.4 is 15.5 Å². The van der Waals surface area contributed by atoms with E-state index in [1.165, 1.54) is 0 Å². The van der Waals surface area contributed by atoms with Gasteiger partial charge in [-0.3, -0.25) is 9.59 Å². The van der Waals surface area contributed by atoms with Gasteiger partial charge in [0.25, 0.3) is 5.91 Å². The van der Waals surface area contributed by atoms with E-state index in [0.29, 0.717) is 27.1 Å². The average molecular weight is 482 g/mol. The highest BCUT2D eigenvalue weighted by Crippen LogP contribution is 2.33. The molecule has 158 valence electrons. The maximum Gasteiger partial charge on any atom is 0.262 e. The van der Waals surface area contributed by atoms with Crippen molar-refractivity contribution in [2.45, 2.75) is 19.8 Å². The van der Waals surface area contributed by atoms with Crippen LogP contribution in [0.2, 0.25) is 0 Å². The van der Waals surface area contributed by atoms with E-state index in [1.54, 1.807) is 36.4 Å². The third kappa shape index (κ3) is 4.41. The molecule has 0 aliphatic heterocycles. The van der Waals surface area contributed by atoms with Crippen molar-refractivity contribution in [3.63, 3.8) is 0 Å². The fourth-order valence-electron chi connectivity index (χ4n) is 3.29. The molecule has 0 bridgehead atoms. The molecule has 0 aliphatic rings. The fraction of sp³-hybridized carbons (Fsp3) is 0.167. The van der Waals surface area contributed by atoms with Gasteiger partial charge in [0, 0.05) is 5.69 Å². The molecule has 0 unspecified atom stereocenters. The van der Waals surface area contributed by atoms with Crippen LogP contribution in [-0.4, -0.2) is 12.5 Å². The molecule has 1 N–H and O–H groups in total. The Labute approximate surface area is 187 Å². The molecular formula is C24H20BrNO5.